The predicted molar refractivity (Wildman–Crippen MR) is 113 cm³/mol. The molecule has 2 aromatic carbocycles. The maximum atomic E-state index is 14.6. The van der Waals surface area contributed by atoms with Crippen molar-refractivity contribution in [3.8, 4) is 11.1 Å². The molecule has 30 heavy (non-hydrogen) atoms. The van der Waals surface area contributed by atoms with E-state index < -0.39 is 11.6 Å². The monoisotopic (exact) mass is 405 g/mol. The first-order chi connectivity index (χ1) is 14.5. The number of aromatic nitrogens is 1. The summed E-state index contributed by atoms with van der Waals surface area (Å²) in [4.78, 5) is 20.3. The molecule has 2 saturated heterocycles. The first-order valence-corrected chi connectivity index (χ1v) is 9.99. The van der Waals surface area contributed by atoms with Crippen molar-refractivity contribution in [2.24, 2.45) is 5.41 Å². The van der Waals surface area contributed by atoms with Crippen LogP contribution >= 0.6 is 0 Å². The van der Waals surface area contributed by atoms with Crippen molar-refractivity contribution < 1.29 is 13.6 Å². The van der Waals surface area contributed by atoms with Gasteiger partial charge in [-0.05, 0) is 36.8 Å². The highest BCUT2D eigenvalue weighted by Crippen LogP contribution is 2.43. The summed E-state index contributed by atoms with van der Waals surface area (Å²) in [5.41, 5.74) is 2.48. The molecule has 0 saturated carbocycles. The van der Waals surface area contributed by atoms with Crippen molar-refractivity contribution in [3.05, 3.63) is 73.0 Å². The molecule has 1 aromatic heterocycles. The molecule has 4 nitrogen and oxygen atoms in total. The summed E-state index contributed by atoms with van der Waals surface area (Å²) in [5, 5.41) is 0.881. The number of carbonyl (C=O) groups excluding carboxylic acids is 1. The van der Waals surface area contributed by atoms with Gasteiger partial charge < -0.3 is 9.80 Å². The fourth-order valence-electron chi connectivity index (χ4n) is 4.74. The molecule has 0 radical (unpaired) electrons. The first-order valence-electron chi connectivity index (χ1n) is 9.99. The lowest BCUT2D eigenvalue weighted by Crippen LogP contribution is -2.59. The number of benzene rings is 2. The van der Waals surface area contributed by atoms with Crippen LogP contribution in [-0.4, -0.2) is 42.0 Å². The maximum absolute atomic E-state index is 14.6. The van der Waals surface area contributed by atoms with Gasteiger partial charge in [0.1, 0.15) is 0 Å². The molecule has 2 fully saturated rings. The van der Waals surface area contributed by atoms with Gasteiger partial charge in [-0.2, -0.15) is 0 Å². The molecule has 1 spiro atoms. The van der Waals surface area contributed by atoms with Crippen LogP contribution in [-0.2, 0) is 4.79 Å². The number of amides is 1. The summed E-state index contributed by atoms with van der Waals surface area (Å²) in [6.45, 7) is 6.70. The van der Waals surface area contributed by atoms with Gasteiger partial charge in [-0.15, -0.1) is 0 Å². The van der Waals surface area contributed by atoms with Gasteiger partial charge in [-0.3, -0.25) is 9.78 Å². The van der Waals surface area contributed by atoms with Crippen LogP contribution in [0.4, 0.5) is 14.5 Å². The number of rotatable bonds is 3. The van der Waals surface area contributed by atoms with Crippen LogP contribution in [0.15, 0.2) is 61.3 Å². The van der Waals surface area contributed by atoms with Gasteiger partial charge in [0, 0.05) is 60.0 Å². The van der Waals surface area contributed by atoms with Gasteiger partial charge in [-0.25, -0.2) is 8.78 Å². The fourth-order valence-corrected chi connectivity index (χ4v) is 4.74. The van der Waals surface area contributed by atoms with E-state index in [1.807, 2.05) is 29.2 Å². The van der Waals surface area contributed by atoms with Crippen LogP contribution in [0.5, 0.6) is 0 Å². The lowest BCUT2D eigenvalue weighted by Gasteiger charge is -2.47. The molecule has 3 aromatic rings. The van der Waals surface area contributed by atoms with Crippen molar-refractivity contribution in [1.82, 2.24) is 9.88 Å². The van der Waals surface area contributed by atoms with E-state index >= 15 is 0 Å². The number of hydrogen-bond acceptors (Lipinski definition) is 3. The molecule has 5 rings (SSSR count). The topological polar surface area (TPSA) is 36.4 Å². The molecule has 2 aliphatic heterocycles. The second-order valence-electron chi connectivity index (χ2n) is 8.24. The zero-order chi connectivity index (χ0) is 20.9. The van der Waals surface area contributed by atoms with E-state index in [1.54, 1.807) is 12.3 Å². The minimum absolute atomic E-state index is 0.0280. The number of halogens is 2. The average Bonchev–Trinajstić information content (AvgIpc) is 3.19. The van der Waals surface area contributed by atoms with Gasteiger partial charge in [0.05, 0.1) is 5.52 Å². The van der Waals surface area contributed by atoms with E-state index in [2.05, 4.69) is 16.5 Å². The number of pyridine rings is 1. The van der Waals surface area contributed by atoms with Gasteiger partial charge in [0.2, 0.25) is 5.91 Å². The van der Waals surface area contributed by atoms with Crippen LogP contribution in [0.2, 0.25) is 0 Å². The lowest BCUT2D eigenvalue weighted by molar-refractivity contribution is -0.136. The van der Waals surface area contributed by atoms with Gasteiger partial charge in [0.25, 0.3) is 0 Å². The van der Waals surface area contributed by atoms with Crippen LogP contribution in [0, 0.1) is 17.0 Å². The smallest absolute Gasteiger partial charge is 0.245 e. The Morgan fingerprint density at radius 2 is 1.93 bits per heavy atom. The van der Waals surface area contributed by atoms with Crippen LogP contribution < -0.4 is 4.90 Å². The second kappa shape index (κ2) is 6.90. The Bertz CT molecular complexity index is 1170. The lowest BCUT2D eigenvalue weighted by atomic mass is 9.79. The highest BCUT2D eigenvalue weighted by molar-refractivity contribution is 5.96. The number of hydrogen-bond donors (Lipinski definition) is 0. The van der Waals surface area contributed by atoms with Gasteiger partial charge in [0.15, 0.2) is 11.6 Å². The Kier molecular flexibility index (Phi) is 4.31. The van der Waals surface area contributed by atoms with E-state index in [4.69, 9.17) is 0 Å². The number of carbonyl (C=O) groups is 1. The van der Waals surface area contributed by atoms with E-state index in [0.29, 0.717) is 11.1 Å². The first kappa shape index (κ1) is 18.7. The second-order valence-corrected chi connectivity index (χ2v) is 8.24. The molecule has 2 aliphatic rings. The third-order valence-corrected chi connectivity index (χ3v) is 6.27. The van der Waals surface area contributed by atoms with Crippen LogP contribution in [0.1, 0.15) is 6.42 Å². The SMILES string of the molecule is C=CC(=O)N1CC2(CCN(c3cc(-c4cccc(F)c4F)c4ncccc4c3)C2)C1. The Balaban J connectivity index is 1.52. The van der Waals surface area contributed by atoms with E-state index in [1.165, 1.54) is 12.1 Å². The Hall–Kier alpha value is -3.28. The Morgan fingerprint density at radius 3 is 2.73 bits per heavy atom. The van der Waals surface area contributed by atoms with Crippen LogP contribution in [0.3, 0.4) is 0 Å². The fraction of sp³-hybridized carbons (Fsp3) is 0.250. The molecule has 0 aliphatic carbocycles. The zero-order valence-electron chi connectivity index (χ0n) is 16.4. The predicted octanol–water partition coefficient (Wildman–Crippen LogP) is 4.40. The molecule has 0 unspecified atom stereocenters. The molecular weight excluding hydrogens is 384 g/mol. The number of nitrogens with zero attached hydrogens (tertiary/aromatic N) is 3. The maximum Gasteiger partial charge on any atom is 0.245 e. The highest BCUT2D eigenvalue weighted by Gasteiger charge is 2.48. The minimum Gasteiger partial charge on any atom is -0.371 e. The molecule has 0 bridgehead atoms. The molecule has 6 heteroatoms. The standard InChI is InChI=1S/C24H21F2N3O/c1-2-21(30)29-14-24(15-29)8-10-28(13-24)17-11-16-5-4-9-27-23(16)19(12-17)18-6-3-7-20(25)22(18)26/h2-7,9,11-12H,1,8,10,13-15H2. The summed E-state index contributed by atoms with van der Waals surface area (Å²) >= 11 is 0. The van der Waals surface area contributed by atoms with Crippen molar-refractivity contribution >= 4 is 22.5 Å². The zero-order valence-corrected chi connectivity index (χ0v) is 16.4. The van der Waals surface area contributed by atoms with Crippen molar-refractivity contribution in [3.63, 3.8) is 0 Å². The summed E-state index contributed by atoms with van der Waals surface area (Å²) in [7, 11) is 0. The Morgan fingerprint density at radius 1 is 1.10 bits per heavy atom. The molecule has 0 atom stereocenters. The van der Waals surface area contributed by atoms with E-state index in [0.717, 1.165) is 49.7 Å². The number of fused-ring (bicyclic) bond motifs is 1. The normalized spacial score (nSPS) is 17.4. The Labute approximate surface area is 173 Å². The summed E-state index contributed by atoms with van der Waals surface area (Å²) in [6, 6.07) is 11.9. The van der Waals surface area contributed by atoms with Gasteiger partial charge >= 0.3 is 0 Å². The summed E-state index contributed by atoms with van der Waals surface area (Å²) < 4.78 is 28.5. The molecule has 1 amide bonds. The summed E-state index contributed by atoms with van der Waals surface area (Å²) in [5.74, 6) is -1.76. The molecule has 0 N–H and O–H groups in total. The number of anilines is 1. The minimum atomic E-state index is -0.872. The van der Waals surface area contributed by atoms with Crippen molar-refractivity contribution in [2.75, 3.05) is 31.1 Å². The average molecular weight is 405 g/mol. The van der Waals surface area contributed by atoms with Crippen LogP contribution in [0.25, 0.3) is 22.0 Å². The summed E-state index contributed by atoms with van der Waals surface area (Å²) in [6.07, 6.45) is 4.01. The van der Waals surface area contributed by atoms with E-state index in [9.17, 15) is 13.6 Å². The van der Waals surface area contributed by atoms with E-state index in [-0.39, 0.29) is 16.9 Å². The quantitative estimate of drug-likeness (QED) is 0.606. The number of likely N-dealkylation sites (tertiary alicyclic amines) is 1. The van der Waals surface area contributed by atoms with Gasteiger partial charge in [-0.1, -0.05) is 24.8 Å². The molecule has 3 heterocycles. The van der Waals surface area contributed by atoms with Crippen molar-refractivity contribution in [1.29, 1.82) is 0 Å². The molecule has 152 valence electrons. The molecular formula is C24H21F2N3O. The largest absolute Gasteiger partial charge is 0.371 e. The van der Waals surface area contributed by atoms with Crippen molar-refractivity contribution in [2.45, 2.75) is 6.42 Å². The highest BCUT2D eigenvalue weighted by atomic mass is 19.2. The third kappa shape index (κ3) is 2.95. The third-order valence-electron chi connectivity index (χ3n) is 6.27.